The van der Waals surface area contributed by atoms with Crippen molar-refractivity contribution in [2.75, 3.05) is 18.1 Å². The first-order valence-corrected chi connectivity index (χ1v) is 8.63. The van der Waals surface area contributed by atoms with Gasteiger partial charge < -0.3 is 9.64 Å². The van der Waals surface area contributed by atoms with Crippen LogP contribution in [0.3, 0.4) is 0 Å². The summed E-state index contributed by atoms with van der Waals surface area (Å²) in [6.07, 6.45) is 1.12. The molecule has 3 rings (SSSR count). The molecule has 130 valence electrons. The average molecular weight is 337 g/mol. The zero-order chi connectivity index (χ0) is 17.9. The van der Waals surface area contributed by atoms with E-state index in [1.165, 1.54) is 0 Å². The number of anilines is 1. The van der Waals surface area contributed by atoms with Crippen molar-refractivity contribution in [1.82, 2.24) is 0 Å². The zero-order valence-electron chi connectivity index (χ0n) is 14.7. The first kappa shape index (κ1) is 17.2. The SMILES string of the molecule is CCOC(=O)C1(Cc2ccccc2)Cc2ccccc2N(C(C)=O)C1. The van der Waals surface area contributed by atoms with Crippen LogP contribution in [-0.4, -0.2) is 25.0 Å². The van der Waals surface area contributed by atoms with Crippen molar-refractivity contribution >= 4 is 17.6 Å². The van der Waals surface area contributed by atoms with Crippen LogP contribution in [-0.2, 0) is 27.2 Å². The molecule has 0 N–H and O–H groups in total. The minimum absolute atomic E-state index is 0.0612. The lowest BCUT2D eigenvalue weighted by atomic mass is 9.73. The normalized spacial score (nSPS) is 19.2. The van der Waals surface area contributed by atoms with Crippen LogP contribution in [0, 0.1) is 5.41 Å². The highest BCUT2D eigenvalue weighted by Crippen LogP contribution is 2.40. The van der Waals surface area contributed by atoms with E-state index in [0.717, 1.165) is 16.8 Å². The van der Waals surface area contributed by atoms with E-state index in [-0.39, 0.29) is 11.9 Å². The van der Waals surface area contributed by atoms with Crippen LogP contribution in [0.4, 0.5) is 5.69 Å². The second-order valence-corrected chi connectivity index (χ2v) is 6.57. The Labute approximate surface area is 148 Å². The van der Waals surface area contributed by atoms with Crippen LogP contribution >= 0.6 is 0 Å². The fourth-order valence-corrected chi connectivity index (χ4v) is 3.61. The van der Waals surface area contributed by atoms with Crippen LogP contribution in [0.25, 0.3) is 0 Å². The van der Waals surface area contributed by atoms with Gasteiger partial charge in [-0.3, -0.25) is 9.59 Å². The molecule has 2 aromatic rings. The summed E-state index contributed by atoms with van der Waals surface area (Å²) < 4.78 is 5.42. The first-order chi connectivity index (χ1) is 12.1. The van der Waals surface area contributed by atoms with Gasteiger partial charge in [-0.1, -0.05) is 48.5 Å². The predicted octanol–water partition coefficient (Wildman–Crippen LogP) is 3.39. The molecule has 1 unspecified atom stereocenters. The van der Waals surface area contributed by atoms with E-state index in [1.54, 1.807) is 11.8 Å². The molecule has 4 heteroatoms. The van der Waals surface area contributed by atoms with Crippen LogP contribution in [0.5, 0.6) is 0 Å². The molecule has 25 heavy (non-hydrogen) atoms. The summed E-state index contributed by atoms with van der Waals surface area (Å²) >= 11 is 0. The van der Waals surface area contributed by atoms with Gasteiger partial charge in [-0.05, 0) is 37.0 Å². The fourth-order valence-electron chi connectivity index (χ4n) is 3.61. The maximum atomic E-state index is 12.9. The molecule has 0 spiro atoms. The molecule has 1 aliphatic rings. The Balaban J connectivity index is 2.05. The second-order valence-electron chi connectivity index (χ2n) is 6.57. The number of carbonyl (C=O) groups excluding carboxylic acids is 2. The number of nitrogens with zero attached hydrogens (tertiary/aromatic N) is 1. The van der Waals surface area contributed by atoms with Gasteiger partial charge in [0.15, 0.2) is 0 Å². The first-order valence-electron chi connectivity index (χ1n) is 8.63. The maximum Gasteiger partial charge on any atom is 0.314 e. The van der Waals surface area contributed by atoms with E-state index in [4.69, 9.17) is 4.74 Å². The quantitative estimate of drug-likeness (QED) is 0.804. The molecular formula is C21H23NO3. The molecule has 0 aromatic heterocycles. The Bertz CT molecular complexity index is 772. The minimum atomic E-state index is -0.766. The van der Waals surface area contributed by atoms with E-state index < -0.39 is 5.41 Å². The molecule has 1 atom stereocenters. The van der Waals surface area contributed by atoms with Crippen molar-refractivity contribution < 1.29 is 14.3 Å². The van der Waals surface area contributed by atoms with Gasteiger partial charge >= 0.3 is 5.97 Å². The molecule has 0 bridgehead atoms. The standard InChI is InChI=1S/C21H23NO3/c1-3-25-20(24)21(13-17-9-5-4-6-10-17)14-18-11-7-8-12-19(18)22(15-21)16(2)23/h4-12H,3,13-15H2,1-2H3. The number of benzene rings is 2. The lowest BCUT2D eigenvalue weighted by Gasteiger charge is -2.41. The van der Waals surface area contributed by atoms with Crippen molar-refractivity contribution in [2.45, 2.75) is 26.7 Å². The lowest BCUT2D eigenvalue weighted by Crippen LogP contribution is -2.52. The number of esters is 1. The molecule has 0 radical (unpaired) electrons. The summed E-state index contributed by atoms with van der Waals surface area (Å²) in [6, 6.07) is 17.7. The van der Waals surface area contributed by atoms with E-state index in [2.05, 4.69) is 0 Å². The summed E-state index contributed by atoms with van der Waals surface area (Å²) in [5.41, 5.74) is 2.20. The lowest BCUT2D eigenvalue weighted by molar-refractivity contribution is -0.155. The Morgan fingerprint density at radius 1 is 1.08 bits per heavy atom. The topological polar surface area (TPSA) is 46.6 Å². The van der Waals surface area contributed by atoms with E-state index in [9.17, 15) is 9.59 Å². The van der Waals surface area contributed by atoms with Gasteiger partial charge in [0.25, 0.3) is 0 Å². The van der Waals surface area contributed by atoms with Crippen molar-refractivity contribution in [3.8, 4) is 0 Å². The van der Waals surface area contributed by atoms with Crippen LogP contribution in [0.15, 0.2) is 54.6 Å². The average Bonchev–Trinajstić information content (AvgIpc) is 2.62. The molecular weight excluding hydrogens is 314 g/mol. The minimum Gasteiger partial charge on any atom is -0.465 e. The van der Waals surface area contributed by atoms with Crippen molar-refractivity contribution in [3.05, 3.63) is 65.7 Å². The van der Waals surface area contributed by atoms with Gasteiger partial charge in [-0.25, -0.2) is 0 Å². The number of hydrogen-bond donors (Lipinski definition) is 0. The van der Waals surface area contributed by atoms with Gasteiger partial charge in [-0.15, -0.1) is 0 Å². The Morgan fingerprint density at radius 3 is 2.44 bits per heavy atom. The van der Waals surface area contributed by atoms with E-state index in [1.807, 2.05) is 61.5 Å². The third-order valence-corrected chi connectivity index (χ3v) is 4.75. The summed E-state index contributed by atoms with van der Waals surface area (Å²) in [5.74, 6) is -0.298. The molecule has 1 amide bonds. The maximum absolute atomic E-state index is 12.9. The highest BCUT2D eigenvalue weighted by atomic mass is 16.5. The molecule has 2 aromatic carbocycles. The van der Waals surface area contributed by atoms with Gasteiger partial charge in [0.05, 0.1) is 12.0 Å². The number of rotatable bonds is 4. The van der Waals surface area contributed by atoms with Crippen molar-refractivity contribution in [1.29, 1.82) is 0 Å². The Kier molecular flexibility index (Phi) is 4.88. The number of ether oxygens (including phenoxy) is 1. The number of para-hydroxylation sites is 1. The highest BCUT2D eigenvalue weighted by Gasteiger charge is 2.46. The molecule has 1 heterocycles. The summed E-state index contributed by atoms with van der Waals surface area (Å²) in [5, 5.41) is 0. The molecule has 0 aliphatic carbocycles. The number of carbonyl (C=O) groups is 2. The Hall–Kier alpha value is -2.62. The van der Waals surface area contributed by atoms with E-state index in [0.29, 0.717) is 26.0 Å². The fraction of sp³-hybridized carbons (Fsp3) is 0.333. The largest absolute Gasteiger partial charge is 0.465 e. The summed E-state index contributed by atoms with van der Waals surface area (Å²) in [6.45, 7) is 4.03. The Morgan fingerprint density at radius 2 is 1.76 bits per heavy atom. The third-order valence-electron chi connectivity index (χ3n) is 4.75. The number of fused-ring (bicyclic) bond motifs is 1. The smallest absolute Gasteiger partial charge is 0.314 e. The predicted molar refractivity (Wildman–Crippen MR) is 97.4 cm³/mol. The molecule has 0 saturated heterocycles. The number of amides is 1. The van der Waals surface area contributed by atoms with Gasteiger partial charge in [0, 0.05) is 19.2 Å². The van der Waals surface area contributed by atoms with Gasteiger partial charge in [0.1, 0.15) is 0 Å². The van der Waals surface area contributed by atoms with Crippen LogP contribution in [0.1, 0.15) is 25.0 Å². The third kappa shape index (κ3) is 3.43. The van der Waals surface area contributed by atoms with Crippen LogP contribution < -0.4 is 4.90 Å². The molecule has 1 aliphatic heterocycles. The molecule has 0 fully saturated rings. The molecule has 0 saturated carbocycles. The van der Waals surface area contributed by atoms with Crippen molar-refractivity contribution in [2.24, 2.45) is 5.41 Å². The van der Waals surface area contributed by atoms with E-state index >= 15 is 0 Å². The van der Waals surface area contributed by atoms with Gasteiger partial charge in [0.2, 0.25) is 5.91 Å². The monoisotopic (exact) mass is 337 g/mol. The summed E-state index contributed by atoms with van der Waals surface area (Å²) in [7, 11) is 0. The molecule has 4 nitrogen and oxygen atoms in total. The summed E-state index contributed by atoms with van der Waals surface area (Å²) in [4.78, 5) is 26.9. The zero-order valence-corrected chi connectivity index (χ0v) is 14.7. The highest BCUT2D eigenvalue weighted by molar-refractivity contribution is 5.95. The second kappa shape index (κ2) is 7.09. The number of hydrogen-bond acceptors (Lipinski definition) is 3. The van der Waals surface area contributed by atoms with Crippen LogP contribution in [0.2, 0.25) is 0 Å². The van der Waals surface area contributed by atoms with Gasteiger partial charge in [-0.2, -0.15) is 0 Å². The van der Waals surface area contributed by atoms with Crippen molar-refractivity contribution in [3.63, 3.8) is 0 Å².